The number of methoxy groups -OCH3 is 2. The number of pyridine rings is 1. The number of aromatic nitrogens is 3. The summed E-state index contributed by atoms with van der Waals surface area (Å²) in [7, 11) is 5.34. The number of hydrogen-bond acceptors (Lipinski definition) is 8. The second-order valence-electron chi connectivity index (χ2n) is 5.90. The Hall–Kier alpha value is -2.19. The third-order valence-corrected chi connectivity index (χ3v) is 4.30. The van der Waals surface area contributed by atoms with E-state index >= 15 is 0 Å². The van der Waals surface area contributed by atoms with Crippen molar-refractivity contribution < 1.29 is 14.0 Å². The molecule has 1 saturated heterocycles. The summed E-state index contributed by atoms with van der Waals surface area (Å²) in [6.07, 6.45) is 1.74. The largest absolute Gasteiger partial charge is 0.493 e. The van der Waals surface area contributed by atoms with Crippen LogP contribution < -0.4 is 9.47 Å². The Kier molecular flexibility index (Phi) is 4.96. The van der Waals surface area contributed by atoms with Crippen LogP contribution >= 0.6 is 0 Å². The molecule has 0 aromatic carbocycles. The minimum atomic E-state index is 0.0801. The van der Waals surface area contributed by atoms with Crippen molar-refractivity contribution in [1.29, 1.82) is 0 Å². The van der Waals surface area contributed by atoms with Crippen molar-refractivity contribution in [3.63, 3.8) is 0 Å². The topological polar surface area (TPSA) is 76.8 Å². The van der Waals surface area contributed by atoms with Crippen molar-refractivity contribution in [1.82, 2.24) is 24.9 Å². The van der Waals surface area contributed by atoms with E-state index in [0.29, 0.717) is 29.8 Å². The summed E-state index contributed by atoms with van der Waals surface area (Å²) >= 11 is 0. The Balaban J connectivity index is 1.76. The highest BCUT2D eigenvalue weighted by molar-refractivity contribution is 5.42. The van der Waals surface area contributed by atoms with Gasteiger partial charge in [0.25, 0.3) is 0 Å². The lowest BCUT2D eigenvalue weighted by Crippen LogP contribution is -2.46. The molecule has 1 fully saturated rings. The Morgan fingerprint density at radius 2 is 2.12 bits per heavy atom. The number of likely N-dealkylation sites (N-methyl/N-ethyl adjacent to an activating group) is 1. The molecule has 2 aromatic heterocycles. The molecule has 0 saturated carbocycles. The van der Waals surface area contributed by atoms with Crippen molar-refractivity contribution in [3.05, 3.63) is 29.7 Å². The highest BCUT2D eigenvalue weighted by atomic mass is 16.5. The van der Waals surface area contributed by atoms with Gasteiger partial charge in [-0.05, 0) is 14.0 Å². The second kappa shape index (κ2) is 7.14. The van der Waals surface area contributed by atoms with Crippen molar-refractivity contribution in [2.45, 2.75) is 19.5 Å². The third-order valence-electron chi connectivity index (χ3n) is 4.30. The Morgan fingerprint density at radius 3 is 2.79 bits per heavy atom. The Morgan fingerprint density at radius 1 is 1.29 bits per heavy atom. The molecule has 1 atom stereocenters. The number of piperazine rings is 1. The van der Waals surface area contributed by atoms with Crippen LogP contribution in [0.2, 0.25) is 0 Å². The van der Waals surface area contributed by atoms with Gasteiger partial charge in [-0.25, -0.2) is 0 Å². The third kappa shape index (κ3) is 3.34. The van der Waals surface area contributed by atoms with Crippen molar-refractivity contribution in [2.75, 3.05) is 40.9 Å². The van der Waals surface area contributed by atoms with Crippen LogP contribution in [0.4, 0.5) is 0 Å². The van der Waals surface area contributed by atoms with Crippen LogP contribution in [-0.2, 0) is 6.54 Å². The van der Waals surface area contributed by atoms with Gasteiger partial charge in [-0.15, -0.1) is 0 Å². The zero-order valence-corrected chi connectivity index (χ0v) is 14.5. The number of ether oxygens (including phenoxy) is 2. The molecule has 1 aliphatic rings. The first-order valence-corrected chi connectivity index (χ1v) is 7.91. The first-order valence-electron chi connectivity index (χ1n) is 7.91. The highest BCUT2D eigenvalue weighted by Crippen LogP contribution is 2.31. The summed E-state index contributed by atoms with van der Waals surface area (Å²) < 4.78 is 16.2. The molecule has 1 aliphatic heterocycles. The fourth-order valence-electron chi connectivity index (χ4n) is 2.96. The van der Waals surface area contributed by atoms with Gasteiger partial charge < -0.3 is 14.0 Å². The maximum atomic E-state index is 5.48. The molecule has 3 heterocycles. The van der Waals surface area contributed by atoms with Gasteiger partial charge in [0, 0.05) is 38.4 Å². The molecule has 3 rings (SSSR count). The lowest BCUT2D eigenvalue weighted by molar-refractivity contribution is 0.0701. The number of hydrogen-bond donors (Lipinski definition) is 0. The van der Waals surface area contributed by atoms with E-state index in [2.05, 4.69) is 32.0 Å². The molecule has 0 aliphatic carbocycles. The number of nitrogens with zero attached hydrogens (tertiary/aromatic N) is 5. The normalized spacial score (nSPS) is 19.4. The molecule has 0 bridgehead atoms. The first kappa shape index (κ1) is 16.7. The van der Waals surface area contributed by atoms with Crippen LogP contribution in [0.15, 0.2) is 16.8 Å². The van der Waals surface area contributed by atoms with Gasteiger partial charge in [-0.2, -0.15) is 4.98 Å². The molecule has 24 heavy (non-hydrogen) atoms. The standard InChI is InChI=1S/C16H23N5O3/c1-11-18-16(24-19-11)13-10-21(8-7-20(13)2)9-12-15(23-4)14(22-3)5-6-17-12/h5-6,13H,7-10H2,1-4H3. The van der Waals surface area contributed by atoms with E-state index in [1.165, 1.54) is 0 Å². The zero-order chi connectivity index (χ0) is 17.1. The van der Waals surface area contributed by atoms with Crippen molar-refractivity contribution in [3.8, 4) is 11.5 Å². The first-order chi connectivity index (χ1) is 11.6. The van der Waals surface area contributed by atoms with E-state index < -0.39 is 0 Å². The summed E-state index contributed by atoms with van der Waals surface area (Å²) in [4.78, 5) is 13.4. The lowest BCUT2D eigenvalue weighted by atomic mass is 10.1. The van der Waals surface area contributed by atoms with Gasteiger partial charge in [-0.1, -0.05) is 5.16 Å². The SMILES string of the molecule is COc1ccnc(CN2CCN(C)C(c3nc(C)no3)C2)c1OC. The summed E-state index contributed by atoms with van der Waals surface area (Å²) in [5.41, 5.74) is 0.863. The summed E-state index contributed by atoms with van der Waals surface area (Å²) in [6, 6.07) is 1.88. The fourth-order valence-corrected chi connectivity index (χ4v) is 2.96. The lowest BCUT2D eigenvalue weighted by Gasteiger charge is -2.37. The highest BCUT2D eigenvalue weighted by Gasteiger charge is 2.30. The van der Waals surface area contributed by atoms with Crippen molar-refractivity contribution >= 4 is 0 Å². The fraction of sp³-hybridized carbons (Fsp3) is 0.562. The van der Waals surface area contributed by atoms with Gasteiger partial charge in [0.05, 0.1) is 14.2 Å². The maximum absolute atomic E-state index is 5.48. The molecule has 130 valence electrons. The number of aryl methyl sites for hydroxylation is 1. The predicted octanol–water partition coefficient (Wildman–Crippen LogP) is 1.28. The molecular formula is C16H23N5O3. The van der Waals surface area contributed by atoms with E-state index in [9.17, 15) is 0 Å². The van der Waals surface area contributed by atoms with E-state index in [0.717, 1.165) is 25.3 Å². The molecule has 8 heteroatoms. The second-order valence-corrected chi connectivity index (χ2v) is 5.90. The van der Waals surface area contributed by atoms with Gasteiger partial charge >= 0.3 is 0 Å². The Labute approximate surface area is 141 Å². The van der Waals surface area contributed by atoms with Crippen LogP contribution in [0.5, 0.6) is 11.5 Å². The van der Waals surface area contributed by atoms with Crippen molar-refractivity contribution in [2.24, 2.45) is 0 Å². The quantitative estimate of drug-likeness (QED) is 0.810. The van der Waals surface area contributed by atoms with Crippen LogP contribution in [-0.4, -0.2) is 65.8 Å². The molecule has 1 unspecified atom stereocenters. The zero-order valence-electron chi connectivity index (χ0n) is 14.5. The number of rotatable bonds is 5. The Bertz CT molecular complexity index is 690. The summed E-state index contributed by atoms with van der Waals surface area (Å²) in [5.74, 6) is 2.70. The van der Waals surface area contributed by atoms with Crippen LogP contribution in [0.1, 0.15) is 23.5 Å². The molecule has 0 amide bonds. The monoisotopic (exact) mass is 333 g/mol. The molecule has 0 N–H and O–H groups in total. The summed E-state index contributed by atoms with van der Waals surface area (Å²) in [6.45, 7) is 5.15. The van der Waals surface area contributed by atoms with Crippen LogP contribution in [0, 0.1) is 6.92 Å². The molecule has 0 radical (unpaired) electrons. The van der Waals surface area contributed by atoms with Crippen LogP contribution in [0.3, 0.4) is 0 Å². The van der Waals surface area contributed by atoms with Crippen LogP contribution in [0.25, 0.3) is 0 Å². The minimum Gasteiger partial charge on any atom is -0.493 e. The molecule has 8 nitrogen and oxygen atoms in total. The van der Waals surface area contributed by atoms with E-state index in [-0.39, 0.29) is 6.04 Å². The average molecular weight is 333 g/mol. The van der Waals surface area contributed by atoms with E-state index in [1.807, 2.05) is 6.92 Å². The van der Waals surface area contributed by atoms with Gasteiger partial charge in [0.1, 0.15) is 11.7 Å². The van der Waals surface area contributed by atoms with Gasteiger partial charge in [0.2, 0.25) is 5.89 Å². The average Bonchev–Trinajstić information content (AvgIpc) is 3.02. The minimum absolute atomic E-state index is 0.0801. The van der Waals surface area contributed by atoms with E-state index in [1.54, 1.807) is 26.5 Å². The summed E-state index contributed by atoms with van der Waals surface area (Å²) in [5, 5.41) is 3.91. The predicted molar refractivity (Wildman–Crippen MR) is 87.0 cm³/mol. The van der Waals surface area contributed by atoms with E-state index in [4.69, 9.17) is 14.0 Å². The maximum Gasteiger partial charge on any atom is 0.245 e. The van der Waals surface area contributed by atoms with Gasteiger partial charge in [0.15, 0.2) is 17.3 Å². The smallest absolute Gasteiger partial charge is 0.245 e. The molecule has 2 aromatic rings. The molecule has 0 spiro atoms. The van der Waals surface area contributed by atoms with Gasteiger partial charge in [-0.3, -0.25) is 14.8 Å². The molecular weight excluding hydrogens is 310 g/mol.